The van der Waals surface area contributed by atoms with Crippen molar-refractivity contribution in [1.82, 2.24) is 14.6 Å². The fourth-order valence-electron chi connectivity index (χ4n) is 2.26. The summed E-state index contributed by atoms with van der Waals surface area (Å²) in [4.78, 5) is 27.1. The molecule has 2 rings (SSSR count). The lowest BCUT2D eigenvalue weighted by Gasteiger charge is -2.18. The second kappa shape index (κ2) is 6.64. The Morgan fingerprint density at radius 3 is 2.57 bits per heavy atom. The molecule has 124 valence electrons. The van der Waals surface area contributed by atoms with E-state index in [-0.39, 0.29) is 18.8 Å². The molecule has 0 saturated carbocycles. The Balaban J connectivity index is 2.39. The second-order valence-corrected chi connectivity index (χ2v) is 5.88. The summed E-state index contributed by atoms with van der Waals surface area (Å²) in [7, 11) is 0. The highest BCUT2D eigenvalue weighted by Gasteiger charge is 2.19. The van der Waals surface area contributed by atoms with Crippen LogP contribution in [0.25, 0.3) is 5.65 Å². The summed E-state index contributed by atoms with van der Waals surface area (Å²) in [6, 6.07) is 2.99. The van der Waals surface area contributed by atoms with Gasteiger partial charge in [-0.05, 0) is 19.3 Å². The van der Waals surface area contributed by atoms with Crippen molar-refractivity contribution in [2.75, 3.05) is 5.32 Å². The molecule has 2 aromatic heterocycles. The van der Waals surface area contributed by atoms with Gasteiger partial charge in [0.15, 0.2) is 5.65 Å². The number of rotatable bonds is 7. The lowest BCUT2D eigenvalue weighted by Crippen LogP contribution is -2.37. The van der Waals surface area contributed by atoms with E-state index in [1.807, 2.05) is 32.9 Å². The number of primary amides is 2. The maximum atomic E-state index is 11.6. The third-order valence-corrected chi connectivity index (χ3v) is 3.51. The normalized spacial score (nSPS) is 12.5. The van der Waals surface area contributed by atoms with Crippen LogP contribution in [0.5, 0.6) is 0 Å². The van der Waals surface area contributed by atoms with E-state index in [4.69, 9.17) is 11.5 Å². The molecule has 0 unspecified atom stereocenters. The molecule has 0 bridgehead atoms. The number of hydrogen-bond acceptors (Lipinski definition) is 5. The first-order valence-corrected chi connectivity index (χ1v) is 7.49. The van der Waals surface area contributed by atoms with E-state index in [0.29, 0.717) is 11.5 Å². The summed E-state index contributed by atoms with van der Waals surface area (Å²) < 4.78 is 1.63. The molecule has 0 spiro atoms. The van der Waals surface area contributed by atoms with Crippen molar-refractivity contribution in [3.05, 3.63) is 23.5 Å². The van der Waals surface area contributed by atoms with Crippen LogP contribution >= 0.6 is 0 Å². The Morgan fingerprint density at radius 1 is 1.30 bits per heavy atom. The third-order valence-electron chi connectivity index (χ3n) is 3.51. The van der Waals surface area contributed by atoms with Gasteiger partial charge in [0, 0.05) is 24.2 Å². The monoisotopic (exact) mass is 318 g/mol. The van der Waals surface area contributed by atoms with Crippen molar-refractivity contribution in [2.24, 2.45) is 11.5 Å². The average Bonchev–Trinajstić information content (AvgIpc) is 2.82. The van der Waals surface area contributed by atoms with Crippen LogP contribution in [0.4, 0.5) is 5.82 Å². The van der Waals surface area contributed by atoms with Gasteiger partial charge in [0.25, 0.3) is 0 Å². The molecule has 2 aromatic rings. The Bertz CT molecular complexity index is 737. The second-order valence-electron chi connectivity index (χ2n) is 5.88. The number of amides is 2. The van der Waals surface area contributed by atoms with Crippen molar-refractivity contribution in [1.29, 1.82) is 0 Å². The summed E-state index contributed by atoms with van der Waals surface area (Å²) in [6.45, 7) is 5.93. The van der Waals surface area contributed by atoms with E-state index in [0.717, 1.165) is 11.4 Å². The number of nitrogens with two attached hydrogens (primary N) is 2. The van der Waals surface area contributed by atoms with Crippen LogP contribution in [0.15, 0.2) is 12.1 Å². The van der Waals surface area contributed by atoms with Gasteiger partial charge in [-0.15, -0.1) is 0 Å². The van der Waals surface area contributed by atoms with Crippen molar-refractivity contribution >= 4 is 23.3 Å². The number of nitrogens with zero attached hydrogens (tertiary/aromatic N) is 3. The van der Waals surface area contributed by atoms with Crippen LogP contribution < -0.4 is 16.8 Å². The number of aryl methyl sites for hydroxylation is 1. The molecule has 1 atom stereocenters. The quantitative estimate of drug-likeness (QED) is 0.692. The third kappa shape index (κ3) is 3.97. The van der Waals surface area contributed by atoms with Gasteiger partial charge in [-0.1, -0.05) is 13.8 Å². The van der Waals surface area contributed by atoms with Crippen LogP contribution in [0.3, 0.4) is 0 Å². The van der Waals surface area contributed by atoms with Crippen molar-refractivity contribution in [2.45, 2.75) is 45.6 Å². The van der Waals surface area contributed by atoms with Crippen molar-refractivity contribution < 1.29 is 9.59 Å². The number of fused-ring (bicyclic) bond motifs is 1. The molecule has 0 aliphatic heterocycles. The van der Waals surface area contributed by atoms with Crippen LogP contribution in [0.2, 0.25) is 0 Å². The fourth-order valence-corrected chi connectivity index (χ4v) is 2.26. The predicted octanol–water partition coefficient (Wildman–Crippen LogP) is 0.692. The number of aromatic nitrogens is 3. The van der Waals surface area contributed by atoms with E-state index in [2.05, 4.69) is 15.4 Å². The number of anilines is 1. The Kier molecular flexibility index (Phi) is 4.83. The molecule has 8 heteroatoms. The molecule has 5 N–H and O–H groups in total. The minimum atomic E-state index is -0.711. The molecule has 0 aliphatic carbocycles. The molecule has 23 heavy (non-hydrogen) atoms. The first kappa shape index (κ1) is 16.7. The van der Waals surface area contributed by atoms with Crippen molar-refractivity contribution in [3.63, 3.8) is 0 Å². The zero-order valence-electron chi connectivity index (χ0n) is 13.5. The van der Waals surface area contributed by atoms with E-state index < -0.39 is 17.9 Å². The lowest BCUT2D eigenvalue weighted by atomic mass is 10.1. The standard InChI is InChI=1S/C15H22N6O2/c1-8(2)11-7-14(21-13(19-11)6-9(3)20-21)18-10(15(17)23)4-5-12(16)22/h6-8,10,18H,4-5H2,1-3H3,(H2,16,22)(H2,17,23)/t10-/m1/s1. The molecular weight excluding hydrogens is 296 g/mol. The number of carbonyl (C=O) groups excluding carboxylic acids is 2. The summed E-state index contributed by atoms with van der Waals surface area (Å²) >= 11 is 0. The van der Waals surface area contributed by atoms with Gasteiger partial charge < -0.3 is 16.8 Å². The number of nitrogens with one attached hydrogen (secondary N) is 1. The number of hydrogen-bond donors (Lipinski definition) is 3. The van der Waals surface area contributed by atoms with Gasteiger partial charge in [-0.25, -0.2) is 4.98 Å². The fraction of sp³-hybridized carbons (Fsp3) is 0.467. The highest BCUT2D eigenvalue weighted by Crippen LogP contribution is 2.20. The maximum Gasteiger partial charge on any atom is 0.239 e. The molecule has 0 fully saturated rings. The SMILES string of the molecule is Cc1cc2nc(C(C)C)cc(N[C@H](CCC(N)=O)C(N)=O)n2n1. The zero-order valence-corrected chi connectivity index (χ0v) is 13.5. The van der Waals surface area contributed by atoms with Gasteiger partial charge in [-0.2, -0.15) is 9.61 Å². The van der Waals surface area contributed by atoms with Gasteiger partial charge in [0.1, 0.15) is 11.9 Å². The minimum Gasteiger partial charge on any atom is -0.370 e. The summed E-state index contributed by atoms with van der Waals surface area (Å²) in [5.74, 6) is -0.199. The van der Waals surface area contributed by atoms with Crippen molar-refractivity contribution in [3.8, 4) is 0 Å². The van der Waals surface area contributed by atoms with Gasteiger partial charge in [-0.3, -0.25) is 9.59 Å². The Labute approximate surface area is 134 Å². The Morgan fingerprint density at radius 2 is 2.00 bits per heavy atom. The molecule has 8 nitrogen and oxygen atoms in total. The topological polar surface area (TPSA) is 128 Å². The van der Waals surface area contributed by atoms with E-state index in [9.17, 15) is 9.59 Å². The molecular formula is C15H22N6O2. The van der Waals surface area contributed by atoms with E-state index in [1.165, 1.54) is 0 Å². The van der Waals surface area contributed by atoms with E-state index in [1.54, 1.807) is 4.52 Å². The first-order chi connectivity index (χ1) is 10.8. The van der Waals surface area contributed by atoms with Crippen LogP contribution in [-0.2, 0) is 9.59 Å². The first-order valence-electron chi connectivity index (χ1n) is 7.49. The smallest absolute Gasteiger partial charge is 0.239 e. The van der Waals surface area contributed by atoms with Gasteiger partial charge >= 0.3 is 0 Å². The largest absolute Gasteiger partial charge is 0.370 e. The molecule has 0 aromatic carbocycles. The number of carbonyl (C=O) groups is 2. The maximum absolute atomic E-state index is 11.6. The highest BCUT2D eigenvalue weighted by molar-refractivity contribution is 5.84. The predicted molar refractivity (Wildman–Crippen MR) is 86.8 cm³/mol. The summed E-state index contributed by atoms with van der Waals surface area (Å²) in [5, 5.41) is 7.43. The van der Waals surface area contributed by atoms with E-state index >= 15 is 0 Å². The lowest BCUT2D eigenvalue weighted by molar-refractivity contribution is -0.119. The minimum absolute atomic E-state index is 0.0734. The highest BCUT2D eigenvalue weighted by atomic mass is 16.1. The van der Waals surface area contributed by atoms with Gasteiger partial charge in [0.2, 0.25) is 11.8 Å². The summed E-state index contributed by atoms with van der Waals surface area (Å²) in [5.41, 5.74) is 12.9. The Hall–Kier alpha value is -2.64. The molecule has 2 amide bonds. The average molecular weight is 318 g/mol. The zero-order chi connectivity index (χ0) is 17.1. The summed E-state index contributed by atoms with van der Waals surface area (Å²) in [6.07, 6.45) is 0.301. The molecule has 0 aliphatic rings. The van der Waals surface area contributed by atoms with Crippen LogP contribution in [-0.4, -0.2) is 32.5 Å². The van der Waals surface area contributed by atoms with Crippen LogP contribution in [0.1, 0.15) is 44.0 Å². The molecule has 2 heterocycles. The molecule has 0 radical (unpaired) electrons. The molecule has 0 saturated heterocycles. The van der Waals surface area contributed by atoms with Crippen LogP contribution in [0, 0.1) is 6.92 Å². The van der Waals surface area contributed by atoms with Gasteiger partial charge in [0.05, 0.1) is 5.69 Å².